The van der Waals surface area contributed by atoms with Crippen molar-refractivity contribution >= 4 is 47.4 Å². The number of amides is 1. The van der Waals surface area contributed by atoms with Crippen molar-refractivity contribution in [2.24, 2.45) is 27.7 Å². The first-order valence-corrected chi connectivity index (χ1v) is 15.4. The predicted octanol–water partition coefficient (Wildman–Crippen LogP) is 4.40. The van der Waals surface area contributed by atoms with Crippen LogP contribution in [0.15, 0.2) is 61.9 Å². The molecular weight excluding hydrogens is 588 g/mol. The predicted molar refractivity (Wildman–Crippen MR) is 172 cm³/mol. The summed E-state index contributed by atoms with van der Waals surface area (Å²) in [4.78, 5) is 76.1. The van der Waals surface area contributed by atoms with Crippen LogP contribution in [-0.2, 0) is 30.3 Å². The second-order valence-corrected chi connectivity index (χ2v) is 12.1. The number of carboxylic acid groups (broad SMARTS) is 1. The fourth-order valence-electron chi connectivity index (χ4n) is 7.08. The van der Waals surface area contributed by atoms with Crippen LogP contribution in [0.4, 0.5) is 0 Å². The standard InChI is InChI=1S/C35H38N4O7/c1-8-19-15(3)26(14-40)36-25(19)13-24-18(6)28-32(38-24)29(30(33(28)43)35(45)46-7)31-21(10-11-27(41)42)17(5)22(37-31)12-23-16(4)20(9-2)34(44)39-23/h9,13-14,17,21,23,30,36H,2,8,10-12H2,1,3-7H3,(H,39,44)(H,41,42)/b24-13+,31-29-/t17-,21-,23?,30+/m0/s1. The van der Waals surface area contributed by atoms with Crippen molar-refractivity contribution in [3.8, 4) is 0 Å². The smallest absolute Gasteiger partial charge is 0.321 e. The molecule has 1 amide bonds. The van der Waals surface area contributed by atoms with Crippen molar-refractivity contribution in [2.45, 2.75) is 66.3 Å². The molecule has 46 heavy (non-hydrogen) atoms. The van der Waals surface area contributed by atoms with Crippen LogP contribution in [-0.4, -0.2) is 64.6 Å². The highest BCUT2D eigenvalue weighted by Crippen LogP contribution is 2.47. The van der Waals surface area contributed by atoms with Crippen molar-refractivity contribution in [2.75, 3.05) is 7.11 Å². The van der Waals surface area contributed by atoms with Crippen molar-refractivity contribution in [3.05, 3.63) is 74.4 Å². The minimum atomic E-state index is -1.30. The van der Waals surface area contributed by atoms with Gasteiger partial charge in [0.1, 0.15) is 5.92 Å². The van der Waals surface area contributed by atoms with Crippen LogP contribution in [0.5, 0.6) is 0 Å². The first-order chi connectivity index (χ1) is 21.9. The fourth-order valence-corrected chi connectivity index (χ4v) is 7.08. The molecule has 0 radical (unpaired) electrons. The number of carboxylic acids is 1. The average Bonchev–Trinajstić information content (AvgIpc) is 3.76. The van der Waals surface area contributed by atoms with Gasteiger partial charge in [0.15, 0.2) is 12.1 Å². The van der Waals surface area contributed by atoms with Gasteiger partial charge in [-0.15, -0.1) is 0 Å². The lowest BCUT2D eigenvalue weighted by molar-refractivity contribution is -0.146. The summed E-state index contributed by atoms with van der Waals surface area (Å²) in [6, 6.07) is -0.322. The highest BCUT2D eigenvalue weighted by atomic mass is 16.5. The molecule has 3 aliphatic heterocycles. The van der Waals surface area contributed by atoms with Gasteiger partial charge in [0.05, 0.1) is 36.0 Å². The molecule has 3 N–H and O–H groups in total. The third kappa shape index (κ3) is 5.23. The van der Waals surface area contributed by atoms with Crippen molar-refractivity contribution < 1.29 is 33.8 Å². The summed E-state index contributed by atoms with van der Waals surface area (Å²) in [6.45, 7) is 13.2. The number of H-pyrrole nitrogens is 1. The molecule has 1 fully saturated rings. The molecular formula is C35H38N4O7. The third-order valence-corrected chi connectivity index (χ3v) is 9.73. The van der Waals surface area contributed by atoms with E-state index in [1.54, 1.807) is 13.0 Å². The number of carbonyl (C=O) groups excluding carboxylic acids is 4. The van der Waals surface area contributed by atoms with E-state index in [9.17, 15) is 29.1 Å². The van der Waals surface area contributed by atoms with Crippen LogP contribution in [0.1, 0.15) is 74.3 Å². The van der Waals surface area contributed by atoms with Gasteiger partial charge in [0, 0.05) is 52.8 Å². The number of esters is 1. The quantitative estimate of drug-likeness (QED) is 0.197. The number of nitrogens with one attached hydrogen (secondary N) is 2. The number of aliphatic imine (C=N–C) groups is 2. The van der Waals surface area contributed by atoms with Gasteiger partial charge < -0.3 is 20.1 Å². The molecule has 0 bridgehead atoms. The molecule has 11 heteroatoms. The van der Waals surface area contributed by atoms with E-state index in [1.807, 2.05) is 27.7 Å². The number of aldehydes is 1. The van der Waals surface area contributed by atoms with Crippen molar-refractivity contribution in [1.29, 1.82) is 0 Å². The minimum absolute atomic E-state index is 0.143. The van der Waals surface area contributed by atoms with E-state index < -0.39 is 29.6 Å². The Morgan fingerprint density at radius 1 is 1.13 bits per heavy atom. The summed E-state index contributed by atoms with van der Waals surface area (Å²) in [5.41, 5.74) is 7.54. The summed E-state index contributed by atoms with van der Waals surface area (Å²) in [6.07, 6.45) is 5.22. The van der Waals surface area contributed by atoms with Gasteiger partial charge >= 0.3 is 11.9 Å². The molecule has 5 rings (SSSR count). The fraction of sp³-hybridized carbons (Fsp3) is 0.400. The number of methoxy groups -OCH3 is 1. The van der Waals surface area contributed by atoms with Crippen molar-refractivity contribution in [1.82, 2.24) is 10.3 Å². The monoisotopic (exact) mass is 626 g/mol. The lowest BCUT2D eigenvalue weighted by Crippen LogP contribution is -2.32. The van der Waals surface area contributed by atoms with Crippen LogP contribution in [0.2, 0.25) is 0 Å². The average molecular weight is 627 g/mol. The summed E-state index contributed by atoms with van der Waals surface area (Å²) >= 11 is 0. The number of aromatic nitrogens is 1. The number of fused-ring (bicyclic) bond motifs is 1. The minimum Gasteiger partial charge on any atom is -0.481 e. The summed E-state index contributed by atoms with van der Waals surface area (Å²) < 4.78 is 5.09. The number of hydrogen-bond donors (Lipinski definition) is 3. The van der Waals surface area contributed by atoms with Crippen molar-refractivity contribution in [3.63, 3.8) is 0 Å². The third-order valence-electron chi connectivity index (χ3n) is 9.73. The first-order valence-electron chi connectivity index (χ1n) is 15.4. The van der Waals surface area contributed by atoms with E-state index in [2.05, 4.69) is 16.9 Å². The van der Waals surface area contributed by atoms with E-state index in [0.29, 0.717) is 63.6 Å². The molecule has 0 aromatic carbocycles. The zero-order valence-electron chi connectivity index (χ0n) is 26.9. The topological polar surface area (TPSA) is 167 Å². The van der Waals surface area contributed by atoms with Crippen LogP contribution >= 0.6 is 0 Å². The molecule has 4 heterocycles. The Morgan fingerprint density at radius 3 is 2.43 bits per heavy atom. The Labute approximate surface area is 267 Å². The van der Waals surface area contributed by atoms with Gasteiger partial charge in [-0.25, -0.2) is 4.99 Å². The van der Waals surface area contributed by atoms with Gasteiger partial charge in [-0.05, 0) is 62.0 Å². The largest absolute Gasteiger partial charge is 0.481 e. The van der Waals surface area contributed by atoms with Gasteiger partial charge in [-0.3, -0.25) is 29.0 Å². The number of aromatic amines is 1. The number of ketones is 1. The summed E-state index contributed by atoms with van der Waals surface area (Å²) in [5.74, 6) is -4.35. The summed E-state index contributed by atoms with van der Waals surface area (Å²) in [5, 5.41) is 12.6. The first kappa shape index (κ1) is 32.5. The Kier molecular flexibility index (Phi) is 8.79. The highest BCUT2D eigenvalue weighted by Gasteiger charge is 2.51. The molecule has 4 aliphatic rings. The normalized spacial score (nSPS) is 26.5. The molecule has 1 unspecified atom stereocenters. The van der Waals surface area contributed by atoms with Gasteiger partial charge in [-0.1, -0.05) is 26.5 Å². The van der Waals surface area contributed by atoms with Gasteiger partial charge in [-0.2, -0.15) is 0 Å². The maximum Gasteiger partial charge on any atom is 0.321 e. The Morgan fingerprint density at radius 2 is 1.85 bits per heavy atom. The number of ether oxygens (including phenoxy) is 1. The molecule has 1 aliphatic carbocycles. The molecule has 240 valence electrons. The SMILES string of the molecule is C=CC1=C(C)C(CC2=N/C(=C3C4=N/C(=C/c5[nH]c(C=O)c(C)c5CC)C(C)=C4C(=O)[C@@H]\3C(=O)OC)[C@@H](CCC(=O)O)[C@@H]2C)NC1=O. The van der Waals surface area contributed by atoms with E-state index in [4.69, 9.17) is 14.7 Å². The van der Waals surface area contributed by atoms with Crippen LogP contribution in [0, 0.1) is 24.7 Å². The maximum atomic E-state index is 14.0. The second kappa shape index (κ2) is 12.5. The van der Waals surface area contributed by atoms with Crippen LogP contribution in [0.3, 0.4) is 0 Å². The number of rotatable bonds is 10. The number of carbonyl (C=O) groups is 5. The molecule has 4 atom stereocenters. The summed E-state index contributed by atoms with van der Waals surface area (Å²) in [7, 11) is 1.22. The number of nitrogens with zero attached hydrogens (tertiary/aromatic N) is 2. The second-order valence-electron chi connectivity index (χ2n) is 12.1. The molecule has 1 saturated carbocycles. The zero-order valence-corrected chi connectivity index (χ0v) is 26.9. The number of allylic oxidation sites excluding steroid dienone is 3. The van der Waals surface area contributed by atoms with E-state index in [-0.39, 0.29) is 30.7 Å². The lowest BCUT2D eigenvalue weighted by Gasteiger charge is -2.21. The molecule has 0 spiro atoms. The lowest BCUT2D eigenvalue weighted by atomic mass is 9.82. The van der Waals surface area contributed by atoms with E-state index >= 15 is 0 Å². The number of hydrogen-bond acceptors (Lipinski definition) is 8. The van der Waals surface area contributed by atoms with Crippen LogP contribution < -0.4 is 5.32 Å². The zero-order chi connectivity index (χ0) is 33.6. The molecule has 1 aromatic rings. The number of aliphatic carboxylic acids is 1. The van der Waals surface area contributed by atoms with Crippen LogP contribution in [0.25, 0.3) is 6.08 Å². The Balaban J connectivity index is 1.69. The maximum absolute atomic E-state index is 14.0. The van der Waals surface area contributed by atoms with Gasteiger partial charge in [0.2, 0.25) is 0 Å². The van der Waals surface area contributed by atoms with E-state index in [1.165, 1.54) is 13.2 Å². The van der Waals surface area contributed by atoms with Gasteiger partial charge in [0.25, 0.3) is 5.91 Å². The Bertz CT molecular complexity index is 1800. The van der Waals surface area contributed by atoms with E-state index in [0.717, 1.165) is 28.7 Å². The molecule has 1 aromatic heterocycles. The molecule has 11 nitrogen and oxygen atoms in total. The number of Topliss-reactive ketones (excluding diaryl/α,β-unsaturated/α-hetero) is 1. The Hall–Kier alpha value is -4.93. The molecule has 0 saturated heterocycles. The highest BCUT2D eigenvalue weighted by molar-refractivity contribution is 6.42.